The predicted molar refractivity (Wildman–Crippen MR) is 113 cm³/mol. The lowest BCUT2D eigenvalue weighted by Gasteiger charge is -2.10. The molecule has 2 aromatic carbocycles. The highest BCUT2D eigenvalue weighted by atomic mass is 16.5. The number of pyridine rings is 1. The maximum Gasteiger partial charge on any atom is 0.339 e. The number of hydrogen-bond donors (Lipinski definition) is 2. The summed E-state index contributed by atoms with van der Waals surface area (Å²) in [6.07, 6.45) is 4.45. The highest BCUT2D eigenvalue weighted by Gasteiger charge is 2.13. The van der Waals surface area contributed by atoms with Gasteiger partial charge in [-0.05, 0) is 24.3 Å². The number of carbonyl (C=O) groups is 2. The van der Waals surface area contributed by atoms with E-state index in [-0.39, 0.29) is 5.69 Å². The molecule has 0 unspecified atom stereocenters. The zero-order valence-electron chi connectivity index (χ0n) is 16.0. The van der Waals surface area contributed by atoms with Crippen LogP contribution in [0.1, 0.15) is 20.8 Å². The third-order valence-electron chi connectivity index (χ3n) is 4.36. The average Bonchev–Trinajstić information content (AvgIpc) is 2.79. The Bertz CT molecular complexity index is 1220. The molecule has 0 aliphatic rings. The van der Waals surface area contributed by atoms with Crippen LogP contribution < -0.4 is 10.6 Å². The first-order valence-electron chi connectivity index (χ1n) is 9.07. The van der Waals surface area contributed by atoms with Gasteiger partial charge in [0.15, 0.2) is 0 Å². The summed E-state index contributed by atoms with van der Waals surface area (Å²) < 4.78 is 4.78. The van der Waals surface area contributed by atoms with Crippen molar-refractivity contribution in [2.45, 2.75) is 0 Å². The second-order valence-corrected chi connectivity index (χ2v) is 6.28. The molecule has 0 aliphatic heterocycles. The lowest BCUT2D eigenvalue weighted by atomic mass is 10.2. The molecule has 2 aromatic heterocycles. The lowest BCUT2D eigenvalue weighted by Crippen LogP contribution is -2.15. The molecule has 2 N–H and O–H groups in total. The molecule has 0 fully saturated rings. The number of amides is 1. The van der Waals surface area contributed by atoms with Gasteiger partial charge in [0, 0.05) is 11.6 Å². The molecule has 0 aliphatic carbocycles. The van der Waals surface area contributed by atoms with E-state index in [4.69, 9.17) is 4.74 Å². The SMILES string of the molecule is COC(=O)c1ccccc1Nc1cnc(C(=O)Nc2cccc3cccnc23)cn1. The average molecular weight is 399 g/mol. The zero-order valence-corrected chi connectivity index (χ0v) is 16.0. The second-order valence-electron chi connectivity index (χ2n) is 6.28. The van der Waals surface area contributed by atoms with E-state index in [0.717, 1.165) is 5.39 Å². The Labute approximate surface area is 172 Å². The van der Waals surface area contributed by atoms with E-state index in [1.807, 2.05) is 24.3 Å². The number of fused-ring (bicyclic) bond motifs is 1. The fourth-order valence-electron chi connectivity index (χ4n) is 2.92. The number of aromatic nitrogens is 3. The number of anilines is 3. The van der Waals surface area contributed by atoms with Gasteiger partial charge in [0.2, 0.25) is 0 Å². The van der Waals surface area contributed by atoms with Crippen LogP contribution in [-0.4, -0.2) is 33.9 Å². The number of hydrogen-bond acceptors (Lipinski definition) is 7. The Kier molecular flexibility index (Phi) is 5.29. The molecule has 2 heterocycles. The number of nitrogens with zero attached hydrogens (tertiary/aromatic N) is 3. The van der Waals surface area contributed by atoms with Gasteiger partial charge in [-0.1, -0.05) is 30.3 Å². The van der Waals surface area contributed by atoms with E-state index in [0.29, 0.717) is 28.3 Å². The van der Waals surface area contributed by atoms with E-state index < -0.39 is 11.9 Å². The van der Waals surface area contributed by atoms with Crippen molar-refractivity contribution >= 4 is 40.0 Å². The first-order valence-corrected chi connectivity index (χ1v) is 9.07. The van der Waals surface area contributed by atoms with Gasteiger partial charge in [0.1, 0.15) is 11.5 Å². The van der Waals surface area contributed by atoms with Crippen molar-refractivity contribution < 1.29 is 14.3 Å². The fourth-order valence-corrected chi connectivity index (χ4v) is 2.92. The first-order chi connectivity index (χ1) is 14.7. The molecular formula is C22H17N5O3. The van der Waals surface area contributed by atoms with Crippen LogP contribution in [0.2, 0.25) is 0 Å². The number of methoxy groups -OCH3 is 1. The smallest absolute Gasteiger partial charge is 0.339 e. The number of ether oxygens (including phenoxy) is 1. The van der Waals surface area contributed by atoms with Crippen molar-refractivity contribution in [1.82, 2.24) is 15.0 Å². The Morgan fingerprint density at radius 1 is 0.867 bits per heavy atom. The largest absolute Gasteiger partial charge is 0.465 e. The zero-order chi connectivity index (χ0) is 20.9. The summed E-state index contributed by atoms with van der Waals surface area (Å²) in [5.74, 6) is -0.484. The molecule has 0 atom stereocenters. The molecule has 0 bridgehead atoms. The van der Waals surface area contributed by atoms with Crippen molar-refractivity contribution in [1.29, 1.82) is 0 Å². The Morgan fingerprint density at radius 2 is 1.67 bits per heavy atom. The molecule has 8 heteroatoms. The summed E-state index contributed by atoms with van der Waals surface area (Å²) in [7, 11) is 1.32. The van der Waals surface area contributed by atoms with E-state index in [2.05, 4.69) is 25.6 Å². The van der Waals surface area contributed by atoms with Gasteiger partial charge in [-0.15, -0.1) is 0 Å². The first kappa shape index (κ1) is 19.0. The van der Waals surface area contributed by atoms with Crippen molar-refractivity contribution in [2.75, 3.05) is 17.7 Å². The van der Waals surface area contributed by atoms with Crippen LogP contribution in [-0.2, 0) is 4.74 Å². The highest BCUT2D eigenvalue weighted by Crippen LogP contribution is 2.22. The second kappa shape index (κ2) is 8.36. The third-order valence-corrected chi connectivity index (χ3v) is 4.36. The Morgan fingerprint density at radius 3 is 2.47 bits per heavy atom. The summed E-state index contributed by atoms with van der Waals surface area (Å²) in [6, 6.07) is 16.2. The van der Waals surface area contributed by atoms with Gasteiger partial charge in [-0.3, -0.25) is 9.78 Å². The summed E-state index contributed by atoms with van der Waals surface area (Å²) in [5.41, 5.74) is 2.33. The van der Waals surface area contributed by atoms with Crippen LogP contribution in [0.25, 0.3) is 10.9 Å². The molecule has 0 spiro atoms. The number of benzene rings is 2. The third kappa shape index (κ3) is 3.93. The van der Waals surface area contributed by atoms with E-state index >= 15 is 0 Å². The normalized spacial score (nSPS) is 10.4. The van der Waals surface area contributed by atoms with Gasteiger partial charge in [0.25, 0.3) is 5.91 Å². The van der Waals surface area contributed by atoms with E-state index in [1.165, 1.54) is 19.5 Å². The minimum atomic E-state index is -0.467. The summed E-state index contributed by atoms with van der Waals surface area (Å²) in [5, 5.41) is 6.75. The molecule has 1 amide bonds. The van der Waals surface area contributed by atoms with Crippen LogP contribution in [0, 0.1) is 0 Å². The maximum absolute atomic E-state index is 12.6. The minimum Gasteiger partial charge on any atom is -0.465 e. The number of esters is 1. The van der Waals surface area contributed by atoms with Gasteiger partial charge in [-0.25, -0.2) is 14.8 Å². The topological polar surface area (TPSA) is 106 Å². The standard InChI is InChI=1S/C22H17N5O3/c1-30-22(29)15-8-2-3-9-16(15)26-19-13-24-18(12-25-19)21(28)27-17-10-4-6-14-7-5-11-23-20(14)17/h2-13H,1H3,(H,25,26)(H,27,28). The van der Waals surface area contributed by atoms with Crippen LogP contribution in [0.5, 0.6) is 0 Å². The van der Waals surface area contributed by atoms with Crippen molar-refractivity contribution in [3.05, 3.63) is 84.4 Å². The molecule has 30 heavy (non-hydrogen) atoms. The lowest BCUT2D eigenvalue weighted by molar-refractivity contribution is 0.0601. The number of carbonyl (C=O) groups excluding carboxylic acids is 2. The van der Waals surface area contributed by atoms with Gasteiger partial charge >= 0.3 is 5.97 Å². The molecule has 0 radical (unpaired) electrons. The van der Waals surface area contributed by atoms with Crippen LogP contribution in [0.4, 0.5) is 17.2 Å². The molecule has 0 saturated heterocycles. The molecule has 4 rings (SSSR count). The number of rotatable bonds is 5. The van der Waals surface area contributed by atoms with Crippen LogP contribution in [0.3, 0.4) is 0 Å². The Balaban J connectivity index is 1.51. The van der Waals surface area contributed by atoms with Crippen molar-refractivity contribution in [3.63, 3.8) is 0 Å². The quantitative estimate of drug-likeness (QED) is 0.492. The van der Waals surface area contributed by atoms with Crippen molar-refractivity contribution in [3.8, 4) is 0 Å². The van der Waals surface area contributed by atoms with Gasteiger partial charge < -0.3 is 15.4 Å². The number of nitrogens with one attached hydrogen (secondary N) is 2. The highest BCUT2D eigenvalue weighted by molar-refractivity contribution is 6.07. The van der Waals surface area contributed by atoms with Crippen LogP contribution in [0.15, 0.2) is 73.2 Å². The molecular weight excluding hydrogens is 382 g/mol. The minimum absolute atomic E-state index is 0.148. The predicted octanol–water partition coefficient (Wildman–Crippen LogP) is 3.81. The summed E-state index contributed by atoms with van der Waals surface area (Å²) >= 11 is 0. The van der Waals surface area contributed by atoms with E-state index in [9.17, 15) is 9.59 Å². The van der Waals surface area contributed by atoms with Gasteiger partial charge in [-0.2, -0.15) is 0 Å². The molecule has 8 nitrogen and oxygen atoms in total. The fraction of sp³-hybridized carbons (Fsp3) is 0.0455. The van der Waals surface area contributed by atoms with Gasteiger partial charge in [0.05, 0.1) is 42.0 Å². The number of para-hydroxylation sites is 2. The summed E-state index contributed by atoms with van der Waals surface area (Å²) in [6.45, 7) is 0. The van der Waals surface area contributed by atoms with Crippen LogP contribution >= 0.6 is 0 Å². The molecule has 4 aromatic rings. The maximum atomic E-state index is 12.6. The monoisotopic (exact) mass is 399 g/mol. The van der Waals surface area contributed by atoms with E-state index in [1.54, 1.807) is 36.5 Å². The molecule has 0 saturated carbocycles. The van der Waals surface area contributed by atoms with Crippen molar-refractivity contribution in [2.24, 2.45) is 0 Å². The molecule has 148 valence electrons. The summed E-state index contributed by atoms with van der Waals surface area (Å²) in [4.78, 5) is 37.2. The Hall–Kier alpha value is -4.33.